The highest BCUT2D eigenvalue weighted by Gasteiger charge is 2.07. The number of rotatable bonds is 4. The van der Waals surface area contributed by atoms with Gasteiger partial charge in [0.15, 0.2) is 0 Å². The van der Waals surface area contributed by atoms with E-state index in [0.29, 0.717) is 5.01 Å². The van der Waals surface area contributed by atoms with E-state index in [1.807, 2.05) is 6.92 Å². The van der Waals surface area contributed by atoms with Crippen LogP contribution in [0.2, 0.25) is 0 Å². The Morgan fingerprint density at radius 2 is 2.15 bits per heavy atom. The maximum atomic E-state index is 11.0. The van der Waals surface area contributed by atoms with Crippen LogP contribution in [0, 0.1) is 6.92 Å². The number of hydrogen-bond acceptors (Lipinski definition) is 5. The lowest BCUT2D eigenvalue weighted by Gasteiger charge is -1.99. The first kappa shape index (κ1) is 10.6. The first-order valence-electron chi connectivity index (χ1n) is 3.80. The van der Waals surface area contributed by atoms with E-state index < -0.39 is 10.0 Å². The summed E-state index contributed by atoms with van der Waals surface area (Å²) in [5, 5.41) is 9.10. The van der Waals surface area contributed by atoms with Crippen molar-refractivity contribution < 1.29 is 8.42 Å². The Morgan fingerprint density at radius 3 is 2.62 bits per heavy atom. The van der Waals surface area contributed by atoms with Crippen LogP contribution in [0.1, 0.15) is 16.9 Å². The van der Waals surface area contributed by atoms with Gasteiger partial charge in [-0.1, -0.05) is 0 Å². The molecule has 1 N–H and O–H groups in total. The van der Waals surface area contributed by atoms with Crippen molar-refractivity contribution in [2.45, 2.75) is 20.4 Å². The third kappa shape index (κ3) is 3.37. The van der Waals surface area contributed by atoms with E-state index in [0.717, 1.165) is 5.01 Å². The molecule has 0 saturated carbocycles. The molecular formula is C6H11N3O2S2. The van der Waals surface area contributed by atoms with Crippen molar-refractivity contribution in [2.24, 2.45) is 0 Å². The second-order valence-electron chi connectivity index (χ2n) is 2.44. The minimum atomic E-state index is -3.12. The van der Waals surface area contributed by atoms with Crippen LogP contribution in [-0.4, -0.2) is 24.4 Å². The Labute approximate surface area is 81.2 Å². The topological polar surface area (TPSA) is 72.0 Å². The van der Waals surface area contributed by atoms with Gasteiger partial charge in [-0.15, -0.1) is 21.5 Å². The summed E-state index contributed by atoms with van der Waals surface area (Å²) in [5.74, 6) is 0.0881. The van der Waals surface area contributed by atoms with Crippen LogP contribution in [0.4, 0.5) is 0 Å². The number of sulfonamides is 1. The van der Waals surface area contributed by atoms with Crippen molar-refractivity contribution in [1.29, 1.82) is 0 Å². The van der Waals surface area contributed by atoms with Crippen LogP contribution in [0.3, 0.4) is 0 Å². The summed E-state index contributed by atoms with van der Waals surface area (Å²) in [5.41, 5.74) is 0. The summed E-state index contributed by atoms with van der Waals surface area (Å²) in [6.07, 6.45) is 0. The fourth-order valence-electron chi connectivity index (χ4n) is 0.683. The lowest BCUT2D eigenvalue weighted by atomic mass is 10.7. The largest absolute Gasteiger partial charge is 0.212 e. The molecule has 0 atom stereocenters. The van der Waals surface area contributed by atoms with Crippen molar-refractivity contribution in [3.63, 3.8) is 0 Å². The Morgan fingerprint density at radius 1 is 1.46 bits per heavy atom. The van der Waals surface area contributed by atoms with Crippen LogP contribution >= 0.6 is 11.3 Å². The Kier molecular flexibility index (Phi) is 3.34. The zero-order chi connectivity index (χ0) is 9.90. The summed E-state index contributed by atoms with van der Waals surface area (Å²) in [6.45, 7) is 3.66. The highest BCUT2D eigenvalue weighted by molar-refractivity contribution is 7.89. The molecule has 7 heteroatoms. The fraction of sp³-hybridized carbons (Fsp3) is 0.667. The zero-order valence-electron chi connectivity index (χ0n) is 7.44. The van der Waals surface area contributed by atoms with Crippen molar-refractivity contribution >= 4 is 21.4 Å². The minimum Gasteiger partial charge on any atom is -0.212 e. The van der Waals surface area contributed by atoms with Crippen LogP contribution in [0.5, 0.6) is 0 Å². The molecule has 1 rings (SSSR count). The van der Waals surface area contributed by atoms with E-state index in [2.05, 4.69) is 14.9 Å². The SMILES string of the molecule is CCS(=O)(=O)NCc1nnc(C)s1. The molecule has 0 bridgehead atoms. The van der Waals surface area contributed by atoms with Gasteiger partial charge in [-0.3, -0.25) is 0 Å². The molecule has 0 aromatic carbocycles. The first-order valence-corrected chi connectivity index (χ1v) is 6.26. The highest BCUT2D eigenvalue weighted by atomic mass is 32.2. The zero-order valence-corrected chi connectivity index (χ0v) is 9.07. The minimum absolute atomic E-state index is 0.0881. The van der Waals surface area contributed by atoms with Gasteiger partial charge in [0.2, 0.25) is 10.0 Å². The summed E-state index contributed by atoms with van der Waals surface area (Å²) >= 11 is 1.39. The summed E-state index contributed by atoms with van der Waals surface area (Å²) in [6, 6.07) is 0. The van der Waals surface area contributed by atoms with Crippen molar-refractivity contribution in [1.82, 2.24) is 14.9 Å². The molecule has 0 fully saturated rings. The van der Waals surface area contributed by atoms with Crippen LogP contribution in [0.25, 0.3) is 0 Å². The Hall–Kier alpha value is -0.530. The second kappa shape index (κ2) is 4.12. The predicted molar refractivity (Wildman–Crippen MR) is 50.9 cm³/mol. The van der Waals surface area contributed by atoms with Crippen LogP contribution < -0.4 is 4.72 Å². The van der Waals surface area contributed by atoms with Crippen molar-refractivity contribution in [3.8, 4) is 0 Å². The first-order chi connectivity index (χ1) is 6.03. The number of aromatic nitrogens is 2. The van der Waals surface area contributed by atoms with E-state index in [9.17, 15) is 8.42 Å². The monoisotopic (exact) mass is 221 g/mol. The van der Waals surface area contributed by atoms with Gasteiger partial charge in [0.1, 0.15) is 10.0 Å². The maximum Gasteiger partial charge on any atom is 0.211 e. The lowest BCUT2D eigenvalue weighted by Crippen LogP contribution is -2.24. The third-order valence-electron chi connectivity index (χ3n) is 1.39. The van der Waals surface area contributed by atoms with Gasteiger partial charge >= 0.3 is 0 Å². The molecule has 0 aliphatic rings. The molecule has 0 unspecified atom stereocenters. The normalized spacial score (nSPS) is 11.8. The van der Waals surface area contributed by atoms with Gasteiger partial charge in [-0.2, -0.15) is 0 Å². The van der Waals surface area contributed by atoms with Crippen LogP contribution in [-0.2, 0) is 16.6 Å². The Bertz CT molecular complexity index is 371. The van der Waals surface area contributed by atoms with Crippen LogP contribution in [0.15, 0.2) is 0 Å². The standard InChI is InChI=1S/C6H11N3O2S2/c1-3-13(10,11)7-4-6-9-8-5(2)12-6/h7H,3-4H2,1-2H3. The molecule has 0 radical (unpaired) electrons. The predicted octanol–water partition coefficient (Wildman–Crippen LogP) is 0.286. The van der Waals surface area contributed by atoms with E-state index >= 15 is 0 Å². The van der Waals surface area contributed by atoms with Gasteiger partial charge in [0.05, 0.1) is 12.3 Å². The smallest absolute Gasteiger partial charge is 0.211 e. The molecule has 0 aliphatic carbocycles. The van der Waals surface area contributed by atoms with E-state index in [1.165, 1.54) is 11.3 Å². The van der Waals surface area contributed by atoms with E-state index in [1.54, 1.807) is 6.92 Å². The number of aryl methyl sites for hydroxylation is 1. The molecule has 1 aromatic heterocycles. The van der Waals surface area contributed by atoms with Crippen molar-refractivity contribution in [2.75, 3.05) is 5.75 Å². The van der Waals surface area contributed by atoms with Gasteiger partial charge < -0.3 is 0 Å². The molecule has 74 valence electrons. The Balaban J connectivity index is 2.53. The average Bonchev–Trinajstić information content (AvgIpc) is 2.48. The molecule has 1 aromatic rings. The average molecular weight is 221 g/mol. The quantitative estimate of drug-likeness (QED) is 0.793. The summed E-state index contributed by atoms with van der Waals surface area (Å²) in [4.78, 5) is 0. The third-order valence-corrected chi connectivity index (χ3v) is 3.57. The van der Waals surface area contributed by atoms with Gasteiger partial charge in [-0.05, 0) is 13.8 Å². The molecular weight excluding hydrogens is 210 g/mol. The molecule has 5 nitrogen and oxygen atoms in total. The summed E-state index contributed by atoms with van der Waals surface area (Å²) in [7, 11) is -3.12. The lowest BCUT2D eigenvalue weighted by molar-refractivity contribution is 0.582. The van der Waals surface area contributed by atoms with E-state index in [4.69, 9.17) is 0 Å². The van der Waals surface area contributed by atoms with E-state index in [-0.39, 0.29) is 12.3 Å². The maximum absolute atomic E-state index is 11.0. The summed E-state index contributed by atoms with van der Waals surface area (Å²) < 4.78 is 24.5. The molecule has 0 aliphatic heterocycles. The number of nitrogens with zero attached hydrogens (tertiary/aromatic N) is 2. The highest BCUT2D eigenvalue weighted by Crippen LogP contribution is 2.07. The molecule has 0 spiro atoms. The second-order valence-corrected chi connectivity index (χ2v) is 5.80. The van der Waals surface area contributed by atoms with Gasteiger partial charge in [0, 0.05) is 0 Å². The van der Waals surface area contributed by atoms with Gasteiger partial charge in [-0.25, -0.2) is 13.1 Å². The number of nitrogens with one attached hydrogen (secondary N) is 1. The van der Waals surface area contributed by atoms with Crippen molar-refractivity contribution in [3.05, 3.63) is 10.0 Å². The van der Waals surface area contributed by atoms with Gasteiger partial charge in [0.25, 0.3) is 0 Å². The molecule has 13 heavy (non-hydrogen) atoms. The molecule has 0 saturated heterocycles. The molecule has 1 heterocycles. The molecule has 0 amide bonds. The fourth-order valence-corrected chi connectivity index (χ4v) is 1.98. The number of hydrogen-bond donors (Lipinski definition) is 1.